The fourth-order valence-electron chi connectivity index (χ4n) is 4.30. The Balaban J connectivity index is 1.67. The van der Waals surface area contributed by atoms with E-state index in [4.69, 9.17) is 4.52 Å². The molecule has 2 amide bonds. The average Bonchev–Trinajstić information content (AvgIpc) is 3.31. The van der Waals surface area contributed by atoms with Crippen molar-refractivity contribution in [3.05, 3.63) is 106 Å². The second-order valence-electron chi connectivity index (χ2n) is 8.83. The lowest BCUT2D eigenvalue weighted by atomic mass is 9.92. The lowest BCUT2D eigenvalue weighted by Crippen LogP contribution is -2.46. The summed E-state index contributed by atoms with van der Waals surface area (Å²) in [5.41, 5.74) is 6.87. The van der Waals surface area contributed by atoms with Gasteiger partial charge in [0.15, 0.2) is 0 Å². The van der Waals surface area contributed by atoms with Crippen molar-refractivity contribution in [2.75, 3.05) is 4.90 Å². The van der Waals surface area contributed by atoms with Crippen molar-refractivity contribution < 1.29 is 13.7 Å². The third kappa shape index (κ3) is 4.21. The number of carbonyl (C=O) groups excluding carboxylic acids is 1. The molecule has 5 rings (SSSR count). The van der Waals surface area contributed by atoms with Crippen LogP contribution in [0.15, 0.2) is 77.0 Å². The van der Waals surface area contributed by atoms with Crippen LogP contribution >= 0.6 is 0 Å². The Labute approximate surface area is 203 Å². The standard InChI is InChI=1S/C28H25FN4O2/c1-16-8-12-23(13-9-16)33-19(4)24(25(30-28(33)34)20-11-10-17(2)18(3)14-20)27-31-26(32-35-27)21-6-5-7-22(29)15-21/h5-15,25H,1-4H3,(H,30,34). The Hall–Kier alpha value is -4.26. The third-order valence-electron chi connectivity index (χ3n) is 6.38. The van der Waals surface area contributed by atoms with Crippen LogP contribution in [0.5, 0.6) is 0 Å². The summed E-state index contributed by atoms with van der Waals surface area (Å²) in [5, 5.41) is 7.23. The van der Waals surface area contributed by atoms with Gasteiger partial charge in [-0.2, -0.15) is 4.98 Å². The van der Waals surface area contributed by atoms with Crippen LogP contribution in [0.3, 0.4) is 0 Å². The molecule has 0 radical (unpaired) electrons. The molecule has 1 unspecified atom stereocenters. The number of amides is 2. The highest BCUT2D eigenvalue weighted by Gasteiger charge is 2.36. The minimum atomic E-state index is -0.496. The van der Waals surface area contributed by atoms with Gasteiger partial charge < -0.3 is 9.84 Å². The van der Waals surface area contributed by atoms with Crippen molar-refractivity contribution in [2.45, 2.75) is 33.7 Å². The predicted octanol–water partition coefficient (Wildman–Crippen LogP) is 6.50. The first-order valence-electron chi connectivity index (χ1n) is 11.4. The zero-order valence-corrected chi connectivity index (χ0v) is 20.0. The third-order valence-corrected chi connectivity index (χ3v) is 6.38. The van der Waals surface area contributed by atoms with Gasteiger partial charge in [0.05, 0.1) is 17.3 Å². The minimum absolute atomic E-state index is 0.247. The van der Waals surface area contributed by atoms with E-state index in [1.165, 1.54) is 12.1 Å². The summed E-state index contributed by atoms with van der Waals surface area (Å²) in [6.45, 7) is 7.94. The van der Waals surface area contributed by atoms with Crippen LogP contribution in [0.1, 0.15) is 41.1 Å². The second kappa shape index (κ2) is 8.83. The number of hydrogen-bond donors (Lipinski definition) is 1. The molecule has 2 heterocycles. The number of urea groups is 1. The molecule has 1 N–H and O–H groups in total. The molecule has 0 aliphatic carbocycles. The first-order valence-corrected chi connectivity index (χ1v) is 11.4. The van der Waals surface area contributed by atoms with Crippen molar-refractivity contribution in [1.29, 1.82) is 0 Å². The van der Waals surface area contributed by atoms with Crippen LogP contribution in [-0.2, 0) is 0 Å². The van der Waals surface area contributed by atoms with E-state index in [1.54, 1.807) is 17.0 Å². The van der Waals surface area contributed by atoms with E-state index in [1.807, 2.05) is 64.1 Å². The van der Waals surface area contributed by atoms with Crippen LogP contribution in [0, 0.1) is 26.6 Å². The van der Waals surface area contributed by atoms with Gasteiger partial charge >= 0.3 is 6.03 Å². The molecule has 0 fully saturated rings. The van der Waals surface area contributed by atoms with E-state index < -0.39 is 6.04 Å². The highest BCUT2D eigenvalue weighted by Crippen LogP contribution is 2.39. The number of carbonyl (C=O) groups is 1. The summed E-state index contributed by atoms with van der Waals surface area (Å²) in [4.78, 5) is 19.5. The SMILES string of the molecule is CC1=C(c2nc(-c3cccc(F)c3)no2)C(c2ccc(C)c(C)c2)NC(=O)N1c1ccc(C)cc1. The quantitative estimate of drug-likeness (QED) is 0.371. The van der Waals surface area contributed by atoms with Crippen molar-refractivity contribution in [1.82, 2.24) is 15.5 Å². The fraction of sp³-hybridized carbons (Fsp3) is 0.179. The number of nitrogens with one attached hydrogen (secondary N) is 1. The van der Waals surface area contributed by atoms with Crippen molar-refractivity contribution >= 4 is 17.3 Å². The van der Waals surface area contributed by atoms with Crippen molar-refractivity contribution in [2.24, 2.45) is 0 Å². The Morgan fingerprint density at radius 2 is 1.71 bits per heavy atom. The number of aryl methyl sites for hydroxylation is 3. The largest absolute Gasteiger partial charge is 0.334 e. The zero-order valence-electron chi connectivity index (χ0n) is 20.0. The van der Waals surface area contributed by atoms with Crippen LogP contribution in [0.4, 0.5) is 14.9 Å². The number of benzene rings is 3. The van der Waals surface area contributed by atoms with E-state index in [0.29, 0.717) is 16.8 Å². The monoisotopic (exact) mass is 468 g/mol. The molecule has 1 atom stereocenters. The first-order chi connectivity index (χ1) is 16.8. The number of allylic oxidation sites excluding steroid dienone is 1. The predicted molar refractivity (Wildman–Crippen MR) is 133 cm³/mol. The molecule has 1 aliphatic heterocycles. The van der Waals surface area contributed by atoms with Crippen LogP contribution in [-0.4, -0.2) is 16.2 Å². The minimum Gasteiger partial charge on any atom is -0.334 e. The summed E-state index contributed by atoms with van der Waals surface area (Å²) < 4.78 is 19.5. The van der Waals surface area contributed by atoms with Gasteiger partial charge in [-0.3, -0.25) is 4.90 Å². The van der Waals surface area contributed by atoms with Gasteiger partial charge in [0, 0.05) is 11.3 Å². The molecule has 7 heteroatoms. The van der Waals surface area contributed by atoms with Gasteiger partial charge in [-0.15, -0.1) is 0 Å². The first kappa shape index (κ1) is 22.5. The lowest BCUT2D eigenvalue weighted by molar-refractivity contribution is 0.244. The summed E-state index contributed by atoms with van der Waals surface area (Å²) in [5.74, 6) is 0.159. The molecule has 1 aromatic heterocycles. The van der Waals surface area contributed by atoms with E-state index in [-0.39, 0.29) is 23.6 Å². The molecule has 0 saturated carbocycles. The molecule has 6 nitrogen and oxygen atoms in total. The van der Waals surface area contributed by atoms with E-state index in [0.717, 1.165) is 27.9 Å². The highest BCUT2D eigenvalue weighted by atomic mass is 19.1. The molecule has 0 bridgehead atoms. The van der Waals surface area contributed by atoms with Crippen molar-refractivity contribution in [3.8, 4) is 11.4 Å². The number of hydrogen-bond acceptors (Lipinski definition) is 4. The maximum atomic E-state index is 13.8. The topological polar surface area (TPSA) is 71.3 Å². The molecule has 35 heavy (non-hydrogen) atoms. The molecule has 0 spiro atoms. The van der Waals surface area contributed by atoms with Gasteiger partial charge in [-0.25, -0.2) is 9.18 Å². The van der Waals surface area contributed by atoms with Gasteiger partial charge in [-0.1, -0.05) is 53.2 Å². The molecule has 4 aromatic rings. The summed E-state index contributed by atoms with van der Waals surface area (Å²) >= 11 is 0. The summed E-state index contributed by atoms with van der Waals surface area (Å²) in [6.07, 6.45) is 0. The number of aromatic nitrogens is 2. The number of nitrogens with zero attached hydrogens (tertiary/aromatic N) is 3. The molecule has 1 aliphatic rings. The van der Waals surface area contributed by atoms with Crippen molar-refractivity contribution in [3.63, 3.8) is 0 Å². The van der Waals surface area contributed by atoms with Crippen LogP contribution in [0.2, 0.25) is 0 Å². The number of halogens is 1. The normalized spacial score (nSPS) is 16.0. The van der Waals surface area contributed by atoms with Gasteiger partial charge in [-0.05, 0) is 68.7 Å². The van der Waals surface area contributed by atoms with E-state index >= 15 is 0 Å². The maximum absolute atomic E-state index is 13.8. The van der Waals surface area contributed by atoms with Gasteiger partial charge in [0.2, 0.25) is 5.82 Å². The Morgan fingerprint density at radius 1 is 0.943 bits per heavy atom. The van der Waals surface area contributed by atoms with Gasteiger partial charge in [0.25, 0.3) is 5.89 Å². The molecule has 0 saturated heterocycles. The molecule has 3 aromatic carbocycles. The fourth-order valence-corrected chi connectivity index (χ4v) is 4.30. The Kier molecular flexibility index (Phi) is 5.68. The highest BCUT2D eigenvalue weighted by molar-refractivity contribution is 6.01. The summed E-state index contributed by atoms with van der Waals surface area (Å²) in [7, 11) is 0. The second-order valence-corrected chi connectivity index (χ2v) is 8.83. The van der Waals surface area contributed by atoms with Crippen LogP contribution in [0.25, 0.3) is 17.0 Å². The van der Waals surface area contributed by atoms with Crippen LogP contribution < -0.4 is 10.2 Å². The number of anilines is 1. The lowest BCUT2D eigenvalue weighted by Gasteiger charge is -2.35. The average molecular weight is 469 g/mol. The van der Waals surface area contributed by atoms with Gasteiger partial charge in [0.1, 0.15) is 5.82 Å². The molecular formula is C28H25FN4O2. The molecule has 176 valence electrons. The number of rotatable bonds is 4. The van der Waals surface area contributed by atoms with E-state index in [9.17, 15) is 9.18 Å². The Morgan fingerprint density at radius 3 is 2.43 bits per heavy atom. The summed E-state index contributed by atoms with van der Waals surface area (Å²) in [6, 6.07) is 19.1. The zero-order chi connectivity index (χ0) is 24.7. The maximum Gasteiger partial charge on any atom is 0.326 e. The smallest absolute Gasteiger partial charge is 0.326 e. The Bertz CT molecular complexity index is 1460. The van der Waals surface area contributed by atoms with E-state index in [2.05, 4.69) is 21.5 Å². The molecular weight excluding hydrogens is 443 g/mol.